The Bertz CT molecular complexity index is 543. The molecular formula is C12H15N3O. The van der Waals surface area contributed by atoms with Crippen LogP contribution in [-0.4, -0.2) is 14.9 Å². The maximum absolute atomic E-state index is 10.0. The monoisotopic (exact) mass is 217 g/mol. The summed E-state index contributed by atoms with van der Waals surface area (Å²) in [6, 6.07) is 3.85. The second kappa shape index (κ2) is 3.56. The fraction of sp³-hybridized carbons (Fsp3) is 0.250. The largest absolute Gasteiger partial charge is 0.507 e. The molecule has 0 aliphatic heterocycles. The maximum atomic E-state index is 10.0. The fourth-order valence-electron chi connectivity index (χ4n) is 1.82. The molecular weight excluding hydrogens is 202 g/mol. The van der Waals surface area contributed by atoms with Gasteiger partial charge in [0.25, 0.3) is 0 Å². The standard InChI is InChI=1S/C12H15N3O/c1-7-4-8(2)11(16)9(5-7)10-6-14-15(3)12(10)13/h4-6,16H,13H2,1-3H3. The number of nitrogens with zero attached hydrogens (tertiary/aromatic N) is 2. The average molecular weight is 217 g/mol. The van der Waals surface area contributed by atoms with Crippen molar-refractivity contribution in [3.63, 3.8) is 0 Å². The van der Waals surface area contributed by atoms with Crippen LogP contribution in [0, 0.1) is 13.8 Å². The molecule has 2 rings (SSSR count). The molecule has 0 amide bonds. The smallest absolute Gasteiger partial charge is 0.129 e. The zero-order chi connectivity index (χ0) is 11.9. The van der Waals surface area contributed by atoms with Crippen LogP contribution in [0.5, 0.6) is 5.75 Å². The minimum absolute atomic E-state index is 0.269. The van der Waals surface area contributed by atoms with Crippen LogP contribution >= 0.6 is 0 Å². The zero-order valence-electron chi connectivity index (χ0n) is 9.65. The quantitative estimate of drug-likeness (QED) is 0.767. The van der Waals surface area contributed by atoms with E-state index in [-0.39, 0.29) is 5.75 Å². The van der Waals surface area contributed by atoms with Crippen LogP contribution in [0.25, 0.3) is 11.1 Å². The lowest BCUT2D eigenvalue weighted by Gasteiger charge is -2.08. The molecule has 0 saturated heterocycles. The van der Waals surface area contributed by atoms with Crippen LogP contribution in [0.1, 0.15) is 11.1 Å². The number of benzene rings is 1. The van der Waals surface area contributed by atoms with Gasteiger partial charge in [0.05, 0.1) is 6.20 Å². The van der Waals surface area contributed by atoms with Crippen molar-refractivity contribution >= 4 is 5.82 Å². The van der Waals surface area contributed by atoms with E-state index >= 15 is 0 Å². The summed E-state index contributed by atoms with van der Waals surface area (Å²) in [5.41, 5.74) is 9.34. The van der Waals surface area contributed by atoms with Crippen LogP contribution in [0.4, 0.5) is 5.82 Å². The van der Waals surface area contributed by atoms with E-state index in [0.717, 1.165) is 22.3 Å². The van der Waals surface area contributed by atoms with E-state index in [9.17, 15) is 5.11 Å². The molecule has 2 aromatic rings. The molecule has 1 aromatic heterocycles. The first-order valence-corrected chi connectivity index (χ1v) is 5.08. The summed E-state index contributed by atoms with van der Waals surface area (Å²) in [5.74, 6) is 0.825. The van der Waals surface area contributed by atoms with Gasteiger partial charge in [0.2, 0.25) is 0 Å². The summed E-state index contributed by atoms with van der Waals surface area (Å²) in [6.07, 6.45) is 1.67. The van der Waals surface area contributed by atoms with Gasteiger partial charge in [-0.1, -0.05) is 6.07 Å². The summed E-state index contributed by atoms with van der Waals surface area (Å²) < 4.78 is 1.59. The lowest BCUT2D eigenvalue weighted by atomic mass is 10.0. The minimum Gasteiger partial charge on any atom is -0.507 e. The fourth-order valence-corrected chi connectivity index (χ4v) is 1.82. The Morgan fingerprint density at radius 3 is 2.50 bits per heavy atom. The van der Waals surface area contributed by atoms with E-state index in [0.29, 0.717) is 5.82 Å². The first-order chi connectivity index (χ1) is 7.50. The van der Waals surface area contributed by atoms with Crippen molar-refractivity contribution in [3.05, 3.63) is 29.5 Å². The number of nitrogen functional groups attached to an aromatic ring is 1. The lowest BCUT2D eigenvalue weighted by molar-refractivity contribution is 0.473. The van der Waals surface area contributed by atoms with E-state index in [2.05, 4.69) is 5.10 Å². The molecule has 4 nitrogen and oxygen atoms in total. The van der Waals surface area contributed by atoms with Gasteiger partial charge in [0.1, 0.15) is 11.6 Å². The number of phenolic OH excluding ortho intramolecular Hbond substituents is 1. The molecule has 0 aliphatic carbocycles. The predicted octanol–water partition coefficient (Wildman–Crippen LogP) is 1.99. The topological polar surface area (TPSA) is 64.1 Å². The Balaban J connectivity index is 2.69. The second-order valence-electron chi connectivity index (χ2n) is 4.05. The summed E-state index contributed by atoms with van der Waals surface area (Å²) >= 11 is 0. The molecule has 16 heavy (non-hydrogen) atoms. The third kappa shape index (κ3) is 1.52. The number of aryl methyl sites for hydroxylation is 3. The number of hydrogen-bond acceptors (Lipinski definition) is 3. The third-order valence-electron chi connectivity index (χ3n) is 2.72. The molecule has 0 spiro atoms. The number of aromatic hydroxyl groups is 1. The molecule has 0 saturated carbocycles. The number of aromatic nitrogens is 2. The predicted molar refractivity (Wildman–Crippen MR) is 64.2 cm³/mol. The molecule has 1 aromatic carbocycles. The van der Waals surface area contributed by atoms with Gasteiger partial charge in [0, 0.05) is 18.2 Å². The number of rotatable bonds is 1. The summed E-state index contributed by atoms with van der Waals surface area (Å²) in [7, 11) is 1.78. The van der Waals surface area contributed by atoms with E-state index in [1.54, 1.807) is 17.9 Å². The van der Waals surface area contributed by atoms with Gasteiger partial charge < -0.3 is 10.8 Å². The van der Waals surface area contributed by atoms with Crippen molar-refractivity contribution in [1.82, 2.24) is 9.78 Å². The Hall–Kier alpha value is -1.97. The Kier molecular flexibility index (Phi) is 2.34. The molecule has 0 bridgehead atoms. The average Bonchev–Trinajstić information content (AvgIpc) is 2.54. The van der Waals surface area contributed by atoms with Crippen LogP contribution in [0.3, 0.4) is 0 Å². The highest BCUT2D eigenvalue weighted by molar-refractivity contribution is 5.79. The summed E-state index contributed by atoms with van der Waals surface area (Å²) in [4.78, 5) is 0. The van der Waals surface area contributed by atoms with Crippen molar-refractivity contribution < 1.29 is 5.11 Å². The Morgan fingerprint density at radius 2 is 1.94 bits per heavy atom. The van der Waals surface area contributed by atoms with Gasteiger partial charge >= 0.3 is 0 Å². The van der Waals surface area contributed by atoms with E-state index in [1.165, 1.54) is 0 Å². The van der Waals surface area contributed by atoms with E-state index < -0.39 is 0 Å². The Morgan fingerprint density at radius 1 is 1.25 bits per heavy atom. The van der Waals surface area contributed by atoms with E-state index in [4.69, 9.17) is 5.73 Å². The van der Waals surface area contributed by atoms with Gasteiger partial charge in [-0.05, 0) is 31.0 Å². The van der Waals surface area contributed by atoms with E-state index in [1.807, 2.05) is 26.0 Å². The molecule has 0 fully saturated rings. The van der Waals surface area contributed by atoms with Gasteiger partial charge in [-0.2, -0.15) is 5.10 Å². The first kappa shape index (κ1) is 10.5. The third-order valence-corrected chi connectivity index (χ3v) is 2.72. The molecule has 0 unspecified atom stereocenters. The van der Waals surface area contributed by atoms with Crippen molar-refractivity contribution in [2.24, 2.45) is 7.05 Å². The maximum Gasteiger partial charge on any atom is 0.129 e. The molecule has 0 atom stereocenters. The molecule has 4 heteroatoms. The molecule has 84 valence electrons. The van der Waals surface area contributed by atoms with Gasteiger partial charge in [-0.25, -0.2) is 0 Å². The number of nitrogens with two attached hydrogens (primary N) is 1. The molecule has 0 aliphatic rings. The first-order valence-electron chi connectivity index (χ1n) is 5.08. The lowest BCUT2D eigenvalue weighted by Crippen LogP contribution is -1.98. The van der Waals surface area contributed by atoms with Crippen LogP contribution < -0.4 is 5.73 Å². The zero-order valence-corrected chi connectivity index (χ0v) is 9.65. The second-order valence-corrected chi connectivity index (χ2v) is 4.05. The Labute approximate surface area is 94.3 Å². The van der Waals surface area contributed by atoms with Gasteiger partial charge in [-0.3, -0.25) is 4.68 Å². The van der Waals surface area contributed by atoms with Crippen LogP contribution in [0.2, 0.25) is 0 Å². The highest BCUT2D eigenvalue weighted by atomic mass is 16.3. The van der Waals surface area contributed by atoms with Crippen molar-refractivity contribution in [1.29, 1.82) is 0 Å². The summed E-state index contributed by atoms with van der Waals surface area (Å²) in [6.45, 7) is 3.86. The number of hydrogen-bond donors (Lipinski definition) is 2. The number of phenols is 1. The number of anilines is 1. The summed E-state index contributed by atoms with van der Waals surface area (Å²) in [5, 5.41) is 14.1. The van der Waals surface area contributed by atoms with Crippen molar-refractivity contribution in [3.8, 4) is 16.9 Å². The minimum atomic E-state index is 0.269. The molecule has 3 N–H and O–H groups in total. The van der Waals surface area contributed by atoms with Crippen molar-refractivity contribution in [2.45, 2.75) is 13.8 Å². The highest BCUT2D eigenvalue weighted by Gasteiger charge is 2.13. The molecule has 1 heterocycles. The highest BCUT2D eigenvalue weighted by Crippen LogP contribution is 2.35. The van der Waals surface area contributed by atoms with Crippen LogP contribution in [-0.2, 0) is 7.05 Å². The van der Waals surface area contributed by atoms with Gasteiger partial charge in [-0.15, -0.1) is 0 Å². The van der Waals surface area contributed by atoms with Crippen LogP contribution in [0.15, 0.2) is 18.3 Å². The van der Waals surface area contributed by atoms with Crippen molar-refractivity contribution in [2.75, 3.05) is 5.73 Å². The molecule has 0 radical (unpaired) electrons. The SMILES string of the molecule is Cc1cc(C)c(O)c(-c2cnn(C)c2N)c1. The normalized spacial score (nSPS) is 10.7. The van der Waals surface area contributed by atoms with Gasteiger partial charge in [0.15, 0.2) is 0 Å².